The van der Waals surface area contributed by atoms with Crippen LogP contribution in [0, 0.1) is 10.8 Å². The van der Waals surface area contributed by atoms with E-state index in [1.54, 1.807) is 4.90 Å². The van der Waals surface area contributed by atoms with Gasteiger partial charge in [0.05, 0.1) is 18.7 Å². The van der Waals surface area contributed by atoms with Crippen molar-refractivity contribution in [3.05, 3.63) is 0 Å². The van der Waals surface area contributed by atoms with E-state index in [4.69, 9.17) is 4.74 Å². The van der Waals surface area contributed by atoms with Crippen molar-refractivity contribution in [2.24, 2.45) is 10.8 Å². The molecule has 1 saturated heterocycles. The fourth-order valence-corrected chi connectivity index (χ4v) is 4.49. The van der Waals surface area contributed by atoms with Gasteiger partial charge in [-0.2, -0.15) is 0 Å². The SMILES string of the molecule is CC1(C)CCC(N(C(=O)C(C)(C)C)[C@H]2C[C@@H](CO)N(C(=O)OC(C)(C)C)C2)CC1. The van der Waals surface area contributed by atoms with Crippen LogP contribution in [0.1, 0.15) is 87.5 Å². The van der Waals surface area contributed by atoms with Crippen molar-refractivity contribution in [1.82, 2.24) is 9.80 Å². The molecule has 29 heavy (non-hydrogen) atoms. The number of carbonyl (C=O) groups is 2. The predicted molar refractivity (Wildman–Crippen MR) is 115 cm³/mol. The zero-order valence-electron chi connectivity index (χ0n) is 19.7. The first kappa shape index (κ1) is 24.0. The molecule has 2 amide bonds. The van der Waals surface area contributed by atoms with E-state index in [-0.39, 0.29) is 30.6 Å². The van der Waals surface area contributed by atoms with Crippen molar-refractivity contribution in [1.29, 1.82) is 0 Å². The molecule has 0 bridgehead atoms. The van der Waals surface area contributed by atoms with E-state index in [0.29, 0.717) is 18.4 Å². The molecule has 0 radical (unpaired) electrons. The molecule has 0 unspecified atom stereocenters. The summed E-state index contributed by atoms with van der Waals surface area (Å²) in [5, 5.41) is 9.91. The number of rotatable bonds is 3. The van der Waals surface area contributed by atoms with E-state index in [1.807, 2.05) is 41.5 Å². The molecule has 2 aliphatic rings. The number of amides is 2. The summed E-state index contributed by atoms with van der Waals surface area (Å²) in [6, 6.07) is -0.208. The third-order valence-corrected chi connectivity index (χ3v) is 6.20. The Morgan fingerprint density at radius 2 is 1.62 bits per heavy atom. The van der Waals surface area contributed by atoms with Crippen LogP contribution >= 0.6 is 0 Å². The van der Waals surface area contributed by atoms with Gasteiger partial charge >= 0.3 is 6.09 Å². The van der Waals surface area contributed by atoms with Crippen LogP contribution in [-0.4, -0.2) is 63.8 Å². The highest BCUT2D eigenvalue weighted by atomic mass is 16.6. The maximum Gasteiger partial charge on any atom is 0.410 e. The zero-order chi connectivity index (χ0) is 22.2. The summed E-state index contributed by atoms with van der Waals surface area (Å²) in [6.07, 6.45) is 4.35. The molecule has 2 atom stereocenters. The molecule has 6 nitrogen and oxygen atoms in total. The number of aliphatic hydroxyl groups excluding tert-OH is 1. The van der Waals surface area contributed by atoms with Crippen LogP contribution < -0.4 is 0 Å². The molecule has 0 aromatic rings. The molecule has 168 valence electrons. The Labute approximate surface area is 177 Å². The number of aliphatic hydroxyl groups is 1. The van der Waals surface area contributed by atoms with Crippen molar-refractivity contribution in [3.8, 4) is 0 Å². The number of hydrogen-bond acceptors (Lipinski definition) is 4. The number of carbonyl (C=O) groups excluding carboxylic acids is 2. The summed E-state index contributed by atoms with van der Waals surface area (Å²) in [5.41, 5.74) is -0.759. The predicted octanol–water partition coefficient (Wildman–Crippen LogP) is 4.20. The smallest absolute Gasteiger partial charge is 0.410 e. The van der Waals surface area contributed by atoms with Gasteiger partial charge in [-0.3, -0.25) is 4.79 Å². The summed E-state index contributed by atoms with van der Waals surface area (Å²) < 4.78 is 5.55. The van der Waals surface area contributed by atoms with E-state index in [0.717, 1.165) is 25.7 Å². The second-order valence-electron chi connectivity index (χ2n) is 11.7. The lowest BCUT2D eigenvalue weighted by Crippen LogP contribution is -2.53. The van der Waals surface area contributed by atoms with Gasteiger partial charge in [-0.05, 0) is 58.3 Å². The fraction of sp³-hybridized carbons (Fsp3) is 0.913. The Kier molecular flexibility index (Phi) is 6.98. The Balaban J connectivity index is 2.24. The van der Waals surface area contributed by atoms with E-state index >= 15 is 0 Å². The average Bonchev–Trinajstić information content (AvgIpc) is 2.98. The third-order valence-electron chi connectivity index (χ3n) is 6.20. The Bertz CT molecular complexity index is 593. The maximum atomic E-state index is 13.4. The molecular formula is C23H42N2O4. The molecule has 2 fully saturated rings. The number of likely N-dealkylation sites (tertiary alicyclic amines) is 1. The molecule has 1 N–H and O–H groups in total. The van der Waals surface area contributed by atoms with Gasteiger partial charge in [0.15, 0.2) is 0 Å². The quantitative estimate of drug-likeness (QED) is 0.757. The van der Waals surface area contributed by atoms with Gasteiger partial charge < -0.3 is 19.6 Å². The van der Waals surface area contributed by atoms with Crippen molar-refractivity contribution in [2.75, 3.05) is 13.2 Å². The summed E-state index contributed by atoms with van der Waals surface area (Å²) in [4.78, 5) is 29.8. The third kappa shape index (κ3) is 6.09. The normalized spacial score (nSPS) is 25.8. The van der Waals surface area contributed by atoms with Crippen molar-refractivity contribution >= 4 is 12.0 Å². The minimum Gasteiger partial charge on any atom is -0.444 e. The number of nitrogens with zero attached hydrogens (tertiary/aromatic N) is 2. The lowest BCUT2D eigenvalue weighted by Gasteiger charge is -2.45. The highest BCUT2D eigenvalue weighted by Gasteiger charge is 2.45. The van der Waals surface area contributed by atoms with Crippen molar-refractivity contribution < 1.29 is 19.4 Å². The van der Waals surface area contributed by atoms with Crippen LogP contribution in [0.4, 0.5) is 4.79 Å². The van der Waals surface area contributed by atoms with Gasteiger partial charge in [0, 0.05) is 18.0 Å². The highest BCUT2D eigenvalue weighted by molar-refractivity contribution is 5.82. The topological polar surface area (TPSA) is 70.1 Å². The molecular weight excluding hydrogens is 368 g/mol. The van der Waals surface area contributed by atoms with Crippen molar-refractivity contribution in [3.63, 3.8) is 0 Å². The van der Waals surface area contributed by atoms with E-state index < -0.39 is 17.1 Å². The van der Waals surface area contributed by atoms with Gasteiger partial charge in [-0.1, -0.05) is 34.6 Å². The number of ether oxygens (including phenoxy) is 1. The summed E-state index contributed by atoms with van der Waals surface area (Å²) in [7, 11) is 0. The zero-order valence-corrected chi connectivity index (χ0v) is 19.7. The Hall–Kier alpha value is -1.30. The molecule has 2 rings (SSSR count). The van der Waals surface area contributed by atoms with Gasteiger partial charge in [0.1, 0.15) is 5.60 Å². The first-order chi connectivity index (χ1) is 13.1. The maximum absolute atomic E-state index is 13.4. The van der Waals surface area contributed by atoms with Gasteiger partial charge in [0.2, 0.25) is 5.91 Å². The molecule has 1 saturated carbocycles. The van der Waals surface area contributed by atoms with Crippen molar-refractivity contribution in [2.45, 2.75) is 111 Å². The fourth-order valence-electron chi connectivity index (χ4n) is 4.49. The first-order valence-electron chi connectivity index (χ1n) is 11.1. The van der Waals surface area contributed by atoms with Crippen LogP contribution in [-0.2, 0) is 9.53 Å². The van der Waals surface area contributed by atoms with Gasteiger partial charge in [-0.25, -0.2) is 4.79 Å². The molecule has 0 aromatic carbocycles. The molecule has 6 heteroatoms. The minimum absolute atomic E-state index is 0.0856. The summed E-state index contributed by atoms with van der Waals surface area (Å²) in [6.45, 7) is 16.3. The molecule has 1 heterocycles. The van der Waals surface area contributed by atoms with E-state index in [1.165, 1.54) is 0 Å². The summed E-state index contributed by atoms with van der Waals surface area (Å²) in [5.74, 6) is 0.134. The first-order valence-corrected chi connectivity index (χ1v) is 11.1. The summed E-state index contributed by atoms with van der Waals surface area (Å²) >= 11 is 0. The van der Waals surface area contributed by atoms with Crippen LogP contribution in [0.15, 0.2) is 0 Å². The largest absolute Gasteiger partial charge is 0.444 e. The highest BCUT2D eigenvalue weighted by Crippen LogP contribution is 2.40. The second kappa shape index (κ2) is 8.44. The van der Waals surface area contributed by atoms with Crippen LogP contribution in [0.3, 0.4) is 0 Å². The van der Waals surface area contributed by atoms with Crippen LogP contribution in [0.2, 0.25) is 0 Å². The van der Waals surface area contributed by atoms with E-state index in [2.05, 4.69) is 18.7 Å². The minimum atomic E-state index is -0.592. The molecule has 1 aliphatic carbocycles. The van der Waals surface area contributed by atoms with Gasteiger partial charge in [-0.15, -0.1) is 0 Å². The Morgan fingerprint density at radius 3 is 2.07 bits per heavy atom. The van der Waals surface area contributed by atoms with Crippen LogP contribution in [0.5, 0.6) is 0 Å². The van der Waals surface area contributed by atoms with Crippen LogP contribution in [0.25, 0.3) is 0 Å². The Morgan fingerprint density at radius 1 is 1.07 bits per heavy atom. The standard InChI is InChI=1S/C23H42N2O4/c1-21(2,3)19(27)25(16-9-11-23(7,8)12-10-16)17-13-18(15-26)24(14-17)20(28)29-22(4,5)6/h16-18,26H,9-15H2,1-8H3/t17-,18-/m0/s1. The average molecular weight is 411 g/mol. The number of hydrogen-bond donors (Lipinski definition) is 1. The monoisotopic (exact) mass is 410 g/mol. The van der Waals surface area contributed by atoms with E-state index in [9.17, 15) is 14.7 Å². The molecule has 0 aromatic heterocycles. The lowest BCUT2D eigenvalue weighted by molar-refractivity contribution is -0.146. The second-order valence-corrected chi connectivity index (χ2v) is 11.7. The lowest BCUT2D eigenvalue weighted by atomic mass is 9.74. The molecule has 1 aliphatic heterocycles. The molecule has 0 spiro atoms. The van der Waals surface area contributed by atoms with Gasteiger partial charge in [0.25, 0.3) is 0 Å².